The minimum absolute atomic E-state index is 0.254. The van der Waals surface area contributed by atoms with Gasteiger partial charge in [-0.1, -0.05) is 36.2 Å². The van der Waals surface area contributed by atoms with Crippen LogP contribution in [-0.4, -0.2) is 22.3 Å². The lowest BCUT2D eigenvalue weighted by Crippen LogP contribution is -2.28. The average molecular weight is 444 g/mol. The van der Waals surface area contributed by atoms with Gasteiger partial charge in [0.15, 0.2) is 17.2 Å². The number of rotatable bonds is 6. The van der Waals surface area contributed by atoms with Gasteiger partial charge in [-0.2, -0.15) is 0 Å². The molecule has 0 bridgehead atoms. The molecule has 0 aliphatic rings. The lowest BCUT2D eigenvalue weighted by atomic mass is 10.2. The number of hydrogen-bond acceptors (Lipinski definition) is 4. The van der Waals surface area contributed by atoms with Crippen molar-refractivity contribution in [2.45, 2.75) is 20.0 Å². The van der Waals surface area contributed by atoms with Gasteiger partial charge in [-0.15, -0.1) is 0 Å². The Labute approximate surface area is 183 Å². The van der Waals surface area contributed by atoms with Crippen LogP contribution in [0.1, 0.15) is 28.7 Å². The fraction of sp³-hybridized carbons (Fsp3) is 0.182. The highest BCUT2D eigenvalue weighted by molar-refractivity contribution is 6.35. The number of nitrogens with zero attached hydrogens (tertiary/aromatic N) is 3. The highest BCUT2D eigenvalue weighted by Crippen LogP contribution is 2.30. The Balaban J connectivity index is 1.69. The van der Waals surface area contributed by atoms with E-state index in [-0.39, 0.29) is 18.3 Å². The van der Waals surface area contributed by atoms with Crippen LogP contribution in [0.2, 0.25) is 10.0 Å². The number of benzene rings is 1. The van der Waals surface area contributed by atoms with E-state index in [9.17, 15) is 4.79 Å². The Bertz CT molecular complexity index is 1200. The Hall–Kier alpha value is -2.96. The van der Waals surface area contributed by atoms with Crippen LogP contribution in [-0.2, 0) is 13.0 Å². The van der Waals surface area contributed by atoms with Gasteiger partial charge in [0.2, 0.25) is 0 Å². The van der Waals surface area contributed by atoms with Crippen LogP contribution < -0.4 is 9.64 Å². The van der Waals surface area contributed by atoms with Crippen molar-refractivity contribution < 1.29 is 13.9 Å². The predicted octanol–water partition coefficient (Wildman–Crippen LogP) is 5.65. The summed E-state index contributed by atoms with van der Waals surface area (Å²) in [5.41, 5.74) is 2.21. The topological polar surface area (TPSA) is 60.0 Å². The second kappa shape index (κ2) is 8.42. The maximum atomic E-state index is 12.8. The van der Waals surface area contributed by atoms with Crippen LogP contribution >= 0.6 is 23.2 Å². The third-order valence-corrected chi connectivity index (χ3v) is 5.33. The molecule has 4 aromatic rings. The molecule has 8 heteroatoms. The molecule has 0 fully saturated rings. The van der Waals surface area contributed by atoms with Crippen LogP contribution in [0.25, 0.3) is 5.65 Å². The molecule has 0 unspecified atom stereocenters. The van der Waals surface area contributed by atoms with Crippen LogP contribution in [0.3, 0.4) is 0 Å². The molecule has 6 nitrogen and oxygen atoms in total. The van der Waals surface area contributed by atoms with E-state index in [1.54, 1.807) is 31.3 Å². The van der Waals surface area contributed by atoms with Gasteiger partial charge in [0.05, 0.1) is 12.0 Å². The summed E-state index contributed by atoms with van der Waals surface area (Å²) in [5.74, 6) is 1.27. The van der Waals surface area contributed by atoms with Crippen molar-refractivity contribution in [2.75, 3.05) is 11.9 Å². The molecule has 0 spiro atoms. The molecule has 0 saturated carbocycles. The fourth-order valence-corrected chi connectivity index (χ4v) is 3.70. The molecule has 0 radical (unpaired) electrons. The molecule has 0 N–H and O–H groups in total. The van der Waals surface area contributed by atoms with E-state index in [0.717, 1.165) is 11.3 Å². The molecular formula is C22H19Cl2N3O3. The number of aryl methyl sites for hydroxylation is 1. The number of pyridine rings is 1. The zero-order valence-electron chi connectivity index (χ0n) is 16.4. The zero-order chi connectivity index (χ0) is 21.3. The molecule has 3 heterocycles. The number of anilines is 1. The summed E-state index contributed by atoms with van der Waals surface area (Å²) in [6, 6.07) is 12.3. The summed E-state index contributed by atoms with van der Waals surface area (Å²) in [5, 5.41) is 1.11. The summed E-state index contributed by atoms with van der Waals surface area (Å²) >= 11 is 12.2. The molecule has 0 aliphatic carbocycles. The third kappa shape index (κ3) is 3.76. The number of imidazole rings is 1. The van der Waals surface area contributed by atoms with E-state index in [0.29, 0.717) is 33.7 Å². The third-order valence-electron chi connectivity index (χ3n) is 4.75. The van der Waals surface area contributed by atoms with E-state index in [1.165, 1.54) is 11.2 Å². The highest BCUT2D eigenvalue weighted by Gasteiger charge is 2.24. The average Bonchev–Trinajstić information content (AvgIpc) is 3.40. The number of hydrogen-bond donors (Lipinski definition) is 0. The number of furan rings is 1. The first-order valence-electron chi connectivity index (χ1n) is 9.37. The summed E-state index contributed by atoms with van der Waals surface area (Å²) in [7, 11) is 1.70. The normalized spacial score (nSPS) is 11.1. The van der Waals surface area contributed by atoms with E-state index >= 15 is 0 Å². The second-order valence-electron chi connectivity index (χ2n) is 6.67. The number of fused-ring (bicyclic) bond motifs is 1. The molecule has 30 heavy (non-hydrogen) atoms. The minimum atomic E-state index is -0.254. The van der Waals surface area contributed by atoms with Gasteiger partial charge in [0.1, 0.15) is 12.4 Å². The van der Waals surface area contributed by atoms with Crippen molar-refractivity contribution in [2.24, 2.45) is 0 Å². The smallest absolute Gasteiger partial charge is 0.294 e. The molecule has 3 aromatic heterocycles. The van der Waals surface area contributed by atoms with Crippen LogP contribution in [0.15, 0.2) is 59.3 Å². The van der Waals surface area contributed by atoms with Gasteiger partial charge in [0, 0.05) is 28.9 Å². The summed E-state index contributed by atoms with van der Waals surface area (Å²) in [6.07, 6.45) is 3.98. The number of ether oxygens (including phenoxy) is 1. The SMILES string of the molecule is CCc1nc2c(OCc3ccc(Cl)cc3Cl)cccn2c1N(C)C(=O)c1ccco1. The quantitative estimate of drug-likeness (QED) is 0.386. The monoisotopic (exact) mass is 443 g/mol. The Morgan fingerprint density at radius 1 is 1.23 bits per heavy atom. The zero-order valence-corrected chi connectivity index (χ0v) is 17.9. The molecule has 1 amide bonds. The first kappa shape index (κ1) is 20.3. The van der Waals surface area contributed by atoms with Crippen molar-refractivity contribution in [1.29, 1.82) is 0 Å². The van der Waals surface area contributed by atoms with Gasteiger partial charge in [-0.05, 0) is 42.8 Å². The molecule has 0 aliphatic heterocycles. The Morgan fingerprint density at radius 3 is 2.77 bits per heavy atom. The maximum absolute atomic E-state index is 12.8. The minimum Gasteiger partial charge on any atom is -0.485 e. The van der Waals surface area contributed by atoms with Crippen molar-refractivity contribution in [3.05, 3.63) is 82.0 Å². The van der Waals surface area contributed by atoms with Gasteiger partial charge in [0.25, 0.3) is 5.91 Å². The van der Waals surface area contributed by atoms with Crippen LogP contribution in [0, 0.1) is 0 Å². The van der Waals surface area contributed by atoms with E-state index in [2.05, 4.69) is 0 Å². The second-order valence-corrected chi connectivity index (χ2v) is 7.51. The molecular weight excluding hydrogens is 425 g/mol. The number of amides is 1. The van der Waals surface area contributed by atoms with Crippen molar-refractivity contribution >= 4 is 40.6 Å². The first-order valence-corrected chi connectivity index (χ1v) is 10.1. The van der Waals surface area contributed by atoms with E-state index < -0.39 is 0 Å². The number of carbonyl (C=O) groups excluding carboxylic acids is 1. The predicted molar refractivity (Wildman–Crippen MR) is 117 cm³/mol. The molecule has 0 saturated heterocycles. The Morgan fingerprint density at radius 2 is 2.07 bits per heavy atom. The number of carbonyl (C=O) groups is 1. The molecule has 154 valence electrons. The van der Waals surface area contributed by atoms with E-state index in [4.69, 9.17) is 37.3 Å². The van der Waals surface area contributed by atoms with Gasteiger partial charge in [-0.3, -0.25) is 14.1 Å². The standard InChI is InChI=1S/C22H19Cl2N3O3/c1-3-17-21(26(2)22(28)19-7-5-11-29-19)27-10-4-6-18(20(27)25-17)30-13-14-8-9-15(23)12-16(14)24/h4-12H,3,13H2,1-2H3. The first-order chi connectivity index (χ1) is 14.5. The summed E-state index contributed by atoms with van der Waals surface area (Å²) in [4.78, 5) is 19.1. The summed E-state index contributed by atoms with van der Waals surface area (Å²) < 4.78 is 13.1. The van der Waals surface area contributed by atoms with Crippen molar-refractivity contribution in [3.8, 4) is 5.75 Å². The molecule has 1 aromatic carbocycles. The lowest BCUT2D eigenvalue weighted by Gasteiger charge is -2.17. The highest BCUT2D eigenvalue weighted by atomic mass is 35.5. The van der Waals surface area contributed by atoms with Gasteiger partial charge >= 0.3 is 0 Å². The van der Waals surface area contributed by atoms with Crippen LogP contribution in [0.4, 0.5) is 5.82 Å². The number of aromatic nitrogens is 2. The van der Waals surface area contributed by atoms with Crippen molar-refractivity contribution in [1.82, 2.24) is 9.38 Å². The number of halogens is 2. The van der Waals surface area contributed by atoms with E-state index in [1.807, 2.05) is 35.7 Å². The van der Waals surface area contributed by atoms with Crippen molar-refractivity contribution in [3.63, 3.8) is 0 Å². The fourth-order valence-electron chi connectivity index (χ4n) is 3.24. The summed E-state index contributed by atoms with van der Waals surface area (Å²) in [6.45, 7) is 2.25. The van der Waals surface area contributed by atoms with Gasteiger partial charge < -0.3 is 9.15 Å². The maximum Gasteiger partial charge on any atom is 0.294 e. The lowest BCUT2D eigenvalue weighted by molar-refractivity contribution is 0.0965. The molecule has 4 rings (SSSR count). The van der Waals surface area contributed by atoms with Gasteiger partial charge in [-0.25, -0.2) is 4.98 Å². The molecule has 0 atom stereocenters. The Kier molecular flexibility index (Phi) is 5.70. The van der Waals surface area contributed by atoms with Crippen LogP contribution in [0.5, 0.6) is 5.75 Å². The largest absolute Gasteiger partial charge is 0.485 e.